The average Bonchev–Trinajstić information content (AvgIpc) is 2.97. The van der Waals surface area contributed by atoms with Gasteiger partial charge in [0.25, 0.3) is 0 Å². The van der Waals surface area contributed by atoms with Crippen molar-refractivity contribution in [1.82, 2.24) is 4.98 Å². The quantitative estimate of drug-likeness (QED) is 0.524. The van der Waals surface area contributed by atoms with Gasteiger partial charge >= 0.3 is 5.97 Å². The van der Waals surface area contributed by atoms with Crippen molar-refractivity contribution >= 4 is 34.1 Å². The van der Waals surface area contributed by atoms with Crippen LogP contribution < -0.4 is 0 Å². The molecule has 2 rings (SSSR count). The van der Waals surface area contributed by atoms with Crippen LogP contribution >= 0.6 is 24.0 Å². The summed E-state index contributed by atoms with van der Waals surface area (Å²) >= 11 is 6.61. The first-order chi connectivity index (χ1) is 10.1. The van der Waals surface area contributed by atoms with Crippen LogP contribution in [0.2, 0.25) is 0 Å². The number of nitriles is 1. The van der Waals surface area contributed by atoms with Gasteiger partial charge in [-0.1, -0.05) is 36.6 Å². The highest BCUT2D eigenvalue weighted by Gasteiger charge is 2.39. The number of hydrogen-bond donors (Lipinski definition) is 1. The lowest BCUT2D eigenvalue weighted by atomic mass is 9.82. The molecule has 0 aliphatic carbocycles. The summed E-state index contributed by atoms with van der Waals surface area (Å²) in [6.45, 7) is 5.50. The molecular formula is C15H14N2O2S2. The van der Waals surface area contributed by atoms with Gasteiger partial charge < -0.3 is 9.72 Å². The monoisotopic (exact) mass is 318 g/mol. The van der Waals surface area contributed by atoms with Gasteiger partial charge in [-0.15, -0.1) is 0 Å². The second-order valence-electron chi connectivity index (χ2n) is 4.51. The molecule has 0 radical (unpaired) electrons. The molecule has 1 N–H and O–H groups in total. The van der Waals surface area contributed by atoms with Crippen molar-refractivity contribution in [2.75, 3.05) is 6.61 Å². The zero-order chi connectivity index (χ0) is 15.4. The molecule has 2 heterocycles. The van der Waals surface area contributed by atoms with E-state index in [2.05, 4.69) is 17.6 Å². The maximum absolute atomic E-state index is 12.3. The number of rotatable bonds is 4. The molecule has 0 amide bonds. The van der Waals surface area contributed by atoms with Gasteiger partial charge in [0.15, 0.2) is 0 Å². The number of ether oxygens (including phenoxy) is 1. The molecule has 0 bridgehead atoms. The molecule has 0 aromatic carbocycles. The molecule has 4 nitrogen and oxygen atoms in total. The van der Waals surface area contributed by atoms with E-state index in [4.69, 9.17) is 17.0 Å². The Balaban J connectivity index is 2.48. The van der Waals surface area contributed by atoms with E-state index in [0.29, 0.717) is 9.77 Å². The van der Waals surface area contributed by atoms with Gasteiger partial charge in [0, 0.05) is 18.3 Å². The molecule has 0 unspecified atom stereocenters. The number of carbonyl (C=O) groups excluding carboxylic acids is 1. The average molecular weight is 318 g/mol. The van der Waals surface area contributed by atoms with E-state index in [1.54, 1.807) is 12.4 Å². The number of hydrogen-bond acceptors (Lipinski definition) is 5. The van der Waals surface area contributed by atoms with Crippen molar-refractivity contribution < 1.29 is 9.53 Å². The van der Waals surface area contributed by atoms with Gasteiger partial charge in [0.1, 0.15) is 6.61 Å². The number of aromatic amines is 1. The highest BCUT2D eigenvalue weighted by atomic mass is 32.2. The Hall–Kier alpha value is -1.84. The molecule has 0 saturated heterocycles. The smallest absolute Gasteiger partial charge is 0.335 e. The summed E-state index contributed by atoms with van der Waals surface area (Å²) in [4.78, 5) is 16.1. The molecule has 1 aromatic rings. The number of aromatic nitrogens is 1. The zero-order valence-corrected chi connectivity index (χ0v) is 13.1. The molecule has 0 saturated carbocycles. The Morgan fingerprint density at radius 3 is 3.05 bits per heavy atom. The molecule has 2 atom stereocenters. The number of H-pyrrole nitrogens is 1. The number of allylic oxidation sites excluding steroid dienone is 1. The molecule has 0 spiro atoms. The summed E-state index contributed by atoms with van der Waals surface area (Å²) < 4.78 is 5.75. The van der Waals surface area contributed by atoms with Crippen LogP contribution in [-0.4, -0.2) is 21.8 Å². The zero-order valence-electron chi connectivity index (χ0n) is 11.5. The van der Waals surface area contributed by atoms with E-state index in [1.807, 2.05) is 13.0 Å². The predicted octanol–water partition coefficient (Wildman–Crippen LogP) is 3.32. The number of thioether (sulfide) groups is 1. The Morgan fingerprint density at radius 2 is 2.48 bits per heavy atom. The highest BCUT2D eigenvalue weighted by molar-refractivity contribution is 8.25. The first-order valence-corrected chi connectivity index (χ1v) is 7.55. The van der Waals surface area contributed by atoms with Crippen molar-refractivity contribution in [1.29, 1.82) is 5.26 Å². The lowest BCUT2D eigenvalue weighted by Gasteiger charge is -2.29. The maximum atomic E-state index is 12.3. The second kappa shape index (κ2) is 6.74. The molecule has 1 aliphatic heterocycles. The van der Waals surface area contributed by atoms with Crippen molar-refractivity contribution in [3.05, 3.63) is 47.2 Å². The van der Waals surface area contributed by atoms with Crippen LogP contribution in [0.1, 0.15) is 18.4 Å². The van der Waals surface area contributed by atoms with E-state index < -0.39 is 17.8 Å². The van der Waals surface area contributed by atoms with Gasteiger partial charge in [-0.05, 0) is 23.5 Å². The maximum Gasteiger partial charge on any atom is 0.335 e. The topological polar surface area (TPSA) is 65.9 Å². The fraction of sp³-hybridized carbons (Fsp3) is 0.267. The van der Waals surface area contributed by atoms with Crippen LogP contribution in [0, 0.1) is 17.2 Å². The summed E-state index contributed by atoms with van der Waals surface area (Å²) in [5.41, 5.74) is 1.36. The SMILES string of the molecule is C=CCOC(=O)C1=C(C)SC(=S)[C@@H](C#N)[C@@H]1c1cc[nH]c1. The normalized spacial score (nSPS) is 21.8. The van der Waals surface area contributed by atoms with E-state index in [9.17, 15) is 10.1 Å². The van der Waals surface area contributed by atoms with Gasteiger partial charge in [-0.25, -0.2) is 4.79 Å². The minimum absolute atomic E-state index is 0.141. The largest absolute Gasteiger partial charge is 0.458 e. The molecule has 1 aliphatic rings. The fourth-order valence-corrected chi connectivity index (χ4v) is 3.79. The van der Waals surface area contributed by atoms with E-state index in [0.717, 1.165) is 10.5 Å². The first kappa shape index (κ1) is 15.5. The summed E-state index contributed by atoms with van der Waals surface area (Å²) in [6, 6.07) is 4.06. The van der Waals surface area contributed by atoms with Crippen molar-refractivity contribution in [3.8, 4) is 6.07 Å². The lowest BCUT2D eigenvalue weighted by Crippen LogP contribution is -2.28. The Labute approximate surface area is 132 Å². The van der Waals surface area contributed by atoms with Gasteiger partial charge in [-0.2, -0.15) is 5.26 Å². The first-order valence-electron chi connectivity index (χ1n) is 6.33. The predicted molar refractivity (Wildman–Crippen MR) is 86.7 cm³/mol. The van der Waals surface area contributed by atoms with Crippen LogP contribution in [0.5, 0.6) is 0 Å². The lowest BCUT2D eigenvalue weighted by molar-refractivity contribution is -0.138. The van der Waals surface area contributed by atoms with Crippen molar-refractivity contribution in [2.24, 2.45) is 5.92 Å². The highest BCUT2D eigenvalue weighted by Crippen LogP contribution is 2.45. The third-order valence-electron chi connectivity index (χ3n) is 3.20. The molecular weight excluding hydrogens is 304 g/mol. The van der Waals surface area contributed by atoms with Crippen molar-refractivity contribution in [3.63, 3.8) is 0 Å². The summed E-state index contributed by atoms with van der Waals surface area (Å²) in [5, 5.41) is 9.44. The summed E-state index contributed by atoms with van der Waals surface area (Å²) in [5.74, 6) is -1.35. The van der Waals surface area contributed by atoms with Gasteiger partial charge in [0.2, 0.25) is 0 Å². The minimum Gasteiger partial charge on any atom is -0.458 e. The van der Waals surface area contributed by atoms with Gasteiger partial charge in [-0.3, -0.25) is 0 Å². The van der Waals surface area contributed by atoms with E-state index in [-0.39, 0.29) is 6.61 Å². The second-order valence-corrected chi connectivity index (χ2v) is 6.46. The fourth-order valence-electron chi connectivity index (χ4n) is 2.29. The number of thiocarbonyl (C=S) groups is 1. The van der Waals surface area contributed by atoms with Crippen LogP contribution in [0.3, 0.4) is 0 Å². The van der Waals surface area contributed by atoms with Crippen molar-refractivity contribution in [2.45, 2.75) is 12.8 Å². The minimum atomic E-state index is -0.532. The summed E-state index contributed by atoms with van der Waals surface area (Å²) in [6.07, 6.45) is 5.06. The Morgan fingerprint density at radius 1 is 1.71 bits per heavy atom. The third kappa shape index (κ3) is 3.09. The molecule has 108 valence electrons. The van der Waals surface area contributed by atoms with Gasteiger partial charge in [0.05, 0.1) is 21.8 Å². The van der Waals surface area contributed by atoms with Crippen LogP contribution in [0.4, 0.5) is 0 Å². The van der Waals surface area contributed by atoms with E-state index >= 15 is 0 Å². The van der Waals surface area contributed by atoms with Crippen LogP contribution in [0.15, 0.2) is 41.6 Å². The number of carbonyl (C=O) groups is 1. The third-order valence-corrected chi connectivity index (χ3v) is 4.69. The Bertz CT molecular complexity index is 641. The Kier molecular flexibility index (Phi) is 4.99. The molecule has 6 heteroatoms. The van der Waals surface area contributed by atoms with E-state index in [1.165, 1.54) is 17.8 Å². The van der Waals surface area contributed by atoms with Crippen LogP contribution in [0.25, 0.3) is 0 Å². The summed E-state index contributed by atoms with van der Waals surface area (Å²) in [7, 11) is 0. The molecule has 1 aromatic heterocycles. The number of esters is 1. The standard InChI is InChI=1S/C15H14N2O2S2/c1-3-6-19-14(18)12-9(2)21-15(20)11(7-16)13(12)10-4-5-17-8-10/h3-5,8,11,13,17H,1,6H2,2H3/t11-,13-/m0/s1. The number of nitrogens with zero attached hydrogens (tertiary/aromatic N) is 1. The molecule has 21 heavy (non-hydrogen) atoms. The molecule has 0 fully saturated rings. The van der Waals surface area contributed by atoms with Crippen LogP contribution in [-0.2, 0) is 9.53 Å². The number of nitrogens with one attached hydrogen (secondary N) is 1.